The van der Waals surface area contributed by atoms with E-state index < -0.39 is 22.2 Å². The number of halogens is 1. The first-order valence-electron chi connectivity index (χ1n) is 10.4. The van der Waals surface area contributed by atoms with Gasteiger partial charge in [0.15, 0.2) is 0 Å². The van der Waals surface area contributed by atoms with Crippen molar-refractivity contribution in [2.45, 2.75) is 42.7 Å². The Kier molecular flexibility index (Phi) is 6.41. The average molecular weight is 464 g/mol. The van der Waals surface area contributed by atoms with Crippen molar-refractivity contribution in [2.24, 2.45) is 5.73 Å². The second-order valence-electron chi connectivity index (χ2n) is 7.98. The summed E-state index contributed by atoms with van der Waals surface area (Å²) < 4.78 is 34.1. The number of benzene rings is 2. The van der Waals surface area contributed by atoms with Crippen LogP contribution in [0.15, 0.2) is 53.4 Å². The molecule has 2 aliphatic rings. The maximum atomic E-state index is 13.6. The fraction of sp³-hybridized carbons (Fsp3) is 0.409. The Hall–Kier alpha value is -2.29. The van der Waals surface area contributed by atoms with Crippen molar-refractivity contribution in [1.29, 1.82) is 0 Å². The lowest BCUT2D eigenvalue weighted by atomic mass is 9.98. The van der Waals surface area contributed by atoms with Gasteiger partial charge in [-0.05, 0) is 61.6 Å². The minimum atomic E-state index is -3.87. The summed E-state index contributed by atoms with van der Waals surface area (Å²) in [6.07, 6.45) is 2.33. The van der Waals surface area contributed by atoms with Crippen LogP contribution in [0.2, 0.25) is 5.02 Å². The zero-order valence-corrected chi connectivity index (χ0v) is 18.7. The Morgan fingerprint density at radius 3 is 2.45 bits per heavy atom. The zero-order valence-electron chi connectivity index (χ0n) is 17.1. The number of rotatable bonds is 4. The first-order chi connectivity index (χ1) is 14.9. The number of hydrogen-bond donors (Lipinski definition) is 1. The fourth-order valence-corrected chi connectivity index (χ4v) is 5.94. The first kappa shape index (κ1) is 21.9. The van der Waals surface area contributed by atoms with E-state index in [-0.39, 0.29) is 17.5 Å². The van der Waals surface area contributed by atoms with Crippen molar-refractivity contribution in [1.82, 2.24) is 4.90 Å². The number of sulfonamides is 1. The van der Waals surface area contributed by atoms with Crippen molar-refractivity contribution in [3.8, 4) is 0 Å². The molecule has 2 heterocycles. The van der Waals surface area contributed by atoms with E-state index in [0.29, 0.717) is 36.6 Å². The number of carbonyl (C=O) groups excluding carboxylic acids is 1. The minimum absolute atomic E-state index is 0.0114. The largest absolute Gasteiger partial charge is 0.447 e. The highest BCUT2D eigenvalue weighted by Gasteiger charge is 2.37. The van der Waals surface area contributed by atoms with Crippen molar-refractivity contribution in [2.75, 3.05) is 24.0 Å². The van der Waals surface area contributed by atoms with E-state index >= 15 is 0 Å². The van der Waals surface area contributed by atoms with Gasteiger partial charge in [0, 0.05) is 24.2 Å². The molecule has 166 valence electrons. The maximum absolute atomic E-state index is 13.6. The van der Waals surface area contributed by atoms with E-state index in [1.807, 2.05) is 18.2 Å². The Bertz CT molecular complexity index is 1040. The van der Waals surface area contributed by atoms with Gasteiger partial charge in [0.1, 0.15) is 6.61 Å². The quantitative estimate of drug-likeness (QED) is 0.750. The normalized spacial score (nSPS) is 19.7. The Morgan fingerprint density at radius 2 is 1.74 bits per heavy atom. The molecule has 1 fully saturated rings. The van der Waals surface area contributed by atoms with Crippen LogP contribution in [-0.4, -0.2) is 51.2 Å². The predicted molar refractivity (Wildman–Crippen MR) is 120 cm³/mol. The second kappa shape index (κ2) is 9.06. The first-order valence-corrected chi connectivity index (χ1v) is 12.2. The van der Waals surface area contributed by atoms with Crippen molar-refractivity contribution in [3.05, 3.63) is 59.1 Å². The third kappa shape index (κ3) is 4.66. The number of nitrogens with zero attached hydrogens (tertiary/aromatic N) is 2. The van der Waals surface area contributed by atoms with Crippen LogP contribution in [0.1, 0.15) is 24.8 Å². The van der Waals surface area contributed by atoms with Gasteiger partial charge < -0.3 is 15.4 Å². The summed E-state index contributed by atoms with van der Waals surface area (Å²) >= 11 is 5.95. The molecule has 0 spiro atoms. The number of hydrogen-bond acceptors (Lipinski definition) is 5. The molecule has 0 radical (unpaired) electrons. The summed E-state index contributed by atoms with van der Waals surface area (Å²) in [6.45, 7) is 1.10. The topological polar surface area (TPSA) is 92.9 Å². The minimum Gasteiger partial charge on any atom is -0.447 e. The number of anilines is 1. The standard InChI is InChI=1S/C22H26ClN3O4S/c23-17-6-9-20(10-7-17)31(28,29)26-19(8-5-16-3-1-2-4-21(16)26)15-30-22(27)25-13-11-18(24)12-14-25/h1-4,6-7,9-10,18-19H,5,8,11-15,24H2. The van der Waals surface area contributed by atoms with Gasteiger partial charge in [-0.25, -0.2) is 13.2 Å². The lowest BCUT2D eigenvalue weighted by molar-refractivity contribution is 0.0874. The van der Waals surface area contributed by atoms with E-state index in [2.05, 4.69) is 0 Å². The van der Waals surface area contributed by atoms with Crippen LogP contribution in [0.4, 0.5) is 10.5 Å². The zero-order chi connectivity index (χ0) is 22.0. The van der Waals surface area contributed by atoms with Crippen LogP contribution >= 0.6 is 11.6 Å². The number of ether oxygens (including phenoxy) is 1. The molecule has 4 rings (SSSR count). The van der Waals surface area contributed by atoms with Gasteiger partial charge in [-0.15, -0.1) is 0 Å². The molecule has 0 saturated carbocycles. The summed E-state index contributed by atoms with van der Waals surface area (Å²) in [5.74, 6) is 0. The molecule has 2 aromatic carbocycles. The van der Waals surface area contributed by atoms with Crippen LogP contribution in [0.3, 0.4) is 0 Å². The molecule has 0 aromatic heterocycles. The van der Waals surface area contributed by atoms with Gasteiger partial charge in [0.2, 0.25) is 0 Å². The smallest absolute Gasteiger partial charge is 0.409 e. The molecule has 0 aliphatic carbocycles. The predicted octanol–water partition coefficient (Wildman–Crippen LogP) is 3.41. The molecule has 9 heteroatoms. The van der Waals surface area contributed by atoms with Crippen LogP contribution in [0.5, 0.6) is 0 Å². The van der Waals surface area contributed by atoms with E-state index in [1.54, 1.807) is 23.1 Å². The van der Waals surface area contributed by atoms with Crippen molar-refractivity contribution < 1.29 is 17.9 Å². The van der Waals surface area contributed by atoms with E-state index in [0.717, 1.165) is 18.4 Å². The Labute approximate surface area is 187 Å². The van der Waals surface area contributed by atoms with Gasteiger partial charge in [-0.2, -0.15) is 0 Å². The van der Waals surface area contributed by atoms with Crippen molar-refractivity contribution >= 4 is 33.4 Å². The molecular weight excluding hydrogens is 438 g/mol. The maximum Gasteiger partial charge on any atom is 0.409 e. The molecule has 1 atom stereocenters. The summed E-state index contributed by atoms with van der Waals surface area (Å²) in [5.41, 5.74) is 7.47. The van der Waals surface area contributed by atoms with Gasteiger partial charge in [-0.1, -0.05) is 29.8 Å². The molecular formula is C22H26ClN3O4S. The monoisotopic (exact) mass is 463 g/mol. The van der Waals surface area contributed by atoms with Crippen LogP contribution in [0, 0.1) is 0 Å². The molecule has 7 nitrogen and oxygen atoms in total. The number of nitrogens with two attached hydrogens (primary N) is 1. The molecule has 0 bridgehead atoms. The van der Waals surface area contributed by atoms with Gasteiger partial charge >= 0.3 is 6.09 Å². The Balaban J connectivity index is 1.58. The van der Waals surface area contributed by atoms with Crippen molar-refractivity contribution in [3.63, 3.8) is 0 Å². The molecule has 1 saturated heterocycles. The number of para-hydroxylation sites is 1. The lowest BCUT2D eigenvalue weighted by Gasteiger charge is -2.38. The molecule has 2 aromatic rings. The van der Waals surface area contributed by atoms with Gasteiger partial charge in [-0.3, -0.25) is 4.31 Å². The summed E-state index contributed by atoms with van der Waals surface area (Å²) in [6, 6.07) is 13.2. The Morgan fingerprint density at radius 1 is 1.06 bits per heavy atom. The average Bonchev–Trinajstić information content (AvgIpc) is 2.77. The number of carbonyl (C=O) groups is 1. The van der Waals surface area contributed by atoms with Crippen LogP contribution in [-0.2, 0) is 21.2 Å². The lowest BCUT2D eigenvalue weighted by Crippen LogP contribution is -2.48. The highest BCUT2D eigenvalue weighted by atomic mass is 35.5. The van der Waals surface area contributed by atoms with Crippen LogP contribution in [0.25, 0.3) is 0 Å². The molecule has 31 heavy (non-hydrogen) atoms. The third-order valence-corrected chi connectivity index (χ3v) is 8.01. The summed E-state index contributed by atoms with van der Waals surface area (Å²) in [5, 5.41) is 0.463. The molecule has 2 N–H and O–H groups in total. The van der Waals surface area contributed by atoms with Crippen LogP contribution < -0.4 is 10.0 Å². The van der Waals surface area contributed by atoms with E-state index in [1.165, 1.54) is 16.4 Å². The highest BCUT2D eigenvalue weighted by Crippen LogP contribution is 2.35. The number of fused-ring (bicyclic) bond motifs is 1. The second-order valence-corrected chi connectivity index (χ2v) is 10.2. The number of aryl methyl sites for hydroxylation is 1. The SMILES string of the molecule is NC1CCN(C(=O)OCC2CCc3ccccc3N2S(=O)(=O)c2ccc(Cl)cc2)CC1. The summed E-state index contributed by atoms with van der Waals surface area (Å²) in [4.78, 5) is 14.3. The number of piperidine rings is 1. The molecule has 1 amide bonds. The highest BCUT2D eigenvalue weighted by molar-refractivity contribution is 7.92. The summed E-state index contributed by atoms with van der Waals surface area (Å²) in [7, 11) is -3.87. The molecule has 1 unspecified atom stereocenters. The van der Waals surface area contributed by atoms with E-state index in [4.69, 9.17) is 22.1 Å². The number of likely N-dealkylation sites (tertiary alicyclic amines) is 1. The van der Waals surface area contributed by atoms with Gasteiger partial charge in [0.25, 0.3) is 10.0 Å². The third-order valence-electron chi connectivity index (χ3n) is 5.88. The number of amides is 1. The fourth-order valence-electron chi connectivity index (χ4n) is 4.11. The molecule has 2 aliphatic heterocycles. The van der Waals surface area contributed by atoms with E-state index in [9.17, 15) is 13.2 Å². The van der Waals surface area contributed by atoms with Gasteiger partial charge in [0.05, 0.1) is 16.6 Å².